The average Bonchev–Trinajstić information content (AvgIpc) is 3.18. The fourth-order valence-corrected chi connectivity index (χ4v) is 6.90. The van der Waals surface area contributed by atoms with Crippen molar-refractivity contribution in [2.45, 2.75) is 112 Å². The minimum Gasteiger partial charge on any atom is -0.100 e. The van der Waals surface area contributed by atoms with Crippen LogP contribution in [0, 0.1) is 5.41 Å². The second-order valence-electron chi connectivity index (χ2n) is 15.1. The van der Waals surface area contributed by atoms with Crippen LogP contribution in [0.5, 0.6) is 0 Å². The number of benzene rings is 3. The number of rotatable bonds is 14. The normalized spacial score (nSPS) is 14.9. The highest BCUT2D eigenvalue weighted by Gasteiger charge is 2.37. The summed E-state index contributed by atoms with van der Waals surface area (Å²) in [4.78, 5) is 0. The molecule has 0 spiro atoms. The van der Waals surface area contributed by atoms with E-state index in [1.54, 1.807) is 0 Å². The van der Waals surface area contributed by atoms with Gasteiger partial charge in [0.1, 0.15) is 0 Å². The van der Waals surface area contributed by atoms with E-state index in [9.17, 15) is 0 Å². The molecule has 0 nitrogen and oxygen atoms in total. The molecule has 0 saturated heterocycles. The molecule has 1 atom stereocenters. The molecular weight excluding hydrogens is 553 g/mol. The summed E-state index contributed by atoms with van der Waals surface area (Å²) in [5.41, 5.74) is 14.7. The molecule has 0 radical (unpaired) electrons. The molecule has 0 aromatic heterocycles. The summed E-state index contributed by atoms with van der Waals surface area (Å²) in [6, 6.07) is 28.2. The molecule has 1 unspecified atom stereocenters. The summed E-state index contributed by atoms with van der Waals surface area (Å²) >= 11 is 0. The first-order valence-corrected chi connectivity index (χ1v) is 17.5. The van der Waals surface area contributed by atoms with Crippen molar-refractivity contribution in [1.82, 2.24) is 0 Å². The standard InChI is InChI=1S/C46H58/c1-10-38-19-15-23-44(30-38)46(37(6)43-22-13-17-35(4)36(5)28-43,33-42-21-14-20-41(29-42)31-45(7,8)9)32-40-26-24-39(25-27-40)18-12-11-16-34(2)3/h14-15,17,19-30H,2,6,10-13,16,18,31-33H2,1,3-5,7-9H3. The summed E-state index contributed by atoms with van der Waals surface area (Å²) in [5, 5.41) is 0. The van der Waals surface area contributed by atoms with Crippen LogP contribution in [0.3, 0.4) is 0 Å². The van der Waals surface area contributed by atoms with Gasteiger partial charge in [-0.05, 0) is 134 Å². The van der Waals surface area contributed by atoms with Gasteiger partial charge in [0.15, 0.2) is 0 Å². The molecule has 0 saturated carbocycles. The summed E-state index contributed by atoms with van der Waals surface area (Å²) < 4.78 is 0. The van der Waals surface area contributed by atoms with Crippen molar-refractivity contribution < 1.29 is 0 Å². The van der Waals surface area contributed by atoms with Gasteiger partial charge >= 0.3 is 0 Å². The maximum absolute atomic E-state index is 5.00. The Kier molecular flexibility index (Phi) is 12.1. The van der Waals surface area contributed by atoms with Gasteiger partial charge in [-0.2, -0.15) is 0 Å². The molecule has 0 N–H and O–H groups in total. The Labute approximate surface area is 281 Å². The predicted octanol–water partition coefficient (Wildman–Crippen LogP) is 12.6. The van der Waals surface area contributed by atoms with Crippen LogP contribution in [-0.4, -0.2) is 0 Å². The summed E-state index contributed by atoms with van der Waals surface area (Å²) in [6.45, 7) is 24.9. The molecule has 0 bridgehead atoms. The number of aryl methyl sites for hydroxylation is 2. The van der Waals surface area contributed by atoms with E-state index in [1.165, 1.54) is 74.1 Å². The second-order valence-corrected chi connectivity index (χ2v) is 15.1. The Morgan fingerprint density at radius 2 is 1.33 bits per heavy atom. The van der Waals surface area contributed by atoms with E-state index < -0.39 is 0 Å². The van der Waals surface area contributed by atoms with Crippen LogP contribution in [0.1, 0.15) is 108 Å². The lowest BCUT2D eigenvalue weighted by Crippen LogP contribution is -2.35. The topological polar surface area (TPSA) is 0 Å². The smallest absolute Gasteiger partial charge is 0.0283 e. The number of allylic oxidation sites excluding steroid dienone is 8. The van der Waals surface area contributed by atoms with Crippen molar-refractivity contribution in [2.24, 2.45) is 5.41 Å². The third kappa shape index (κ3) is 9.68. The Hall–Kier alpha value is -3.64. The first-order chi connectivity index (χ1) is 21.9. The highest BCUT2D eigenvalue weighted by atomic mass is 14.4. The quantitative estimate of drug-likeness (QED) is 0.126. The van der Waals surface area contributed by atoms with Crippen molar-refractivity contribution >= 4 is 0 Å². The van der Waals surface area contributed by atoms with Crippen molar-refractivity contribution in [3.05, 3.63) is 165 Å². The van der Waals surface area contributed by atoms with E-state index in [0.717, 1.165) is 44.9 Å². The molecule has 0 heteroatoms. The second kappa shape index (κ2) is 15.8. The van der Waals surface area contributed by atoms with Crippen LogP contribution < -0.4 is 0 Å². The van der Waals surface area contributed by atoms with E-state index in [2.05, 4.69) is 146 Å². The molecule has 46 heavy (non-hydrogen) atoms. The first-order valence-electron chi connectivity index (χ1n) is 17.5. The molecule has 3 aromatic rings. The third-order valence-electron chi connectivity index (χ3n) is 9.65. The lowest BCUT2D eigenvalue weighted by Gasteiger charge is -2.38. The molecule has 1 aliphatic carbocycles. The Morgan fingerprint density at radius 3 is 2.00 bits per heavy atom. The molecule has 0 amide bonds. The molecule has 4 rings (SSSR count). The van der Waals surface area contributed by atoms with Gasteiger partial charge in [0.25, 0.3) is 0 Å². The predicted molar refractivity (Wildman–Crippen MR) is 203 cm³/mol. The Balaban J connectivity index is 1.82. The zero-order valence-electron chi connectivity index (χ0n) is 29.9. The summed E-state index contributed by atoms with van der Waals surface area (Å²) in [5.74, 6) is 0. The highest BCUT2D eigenvalue weighted by molar-refractivity contribution is 5.56. The molecule has 242 valence electrons. The fourth-order valence-electron chi connectivity index (χ4n) is 6.90. The minimum absolute atomic E-state index is 0.235. The van der Waals surface area contributed by atoms with E-state index in [-0.39, 0.29) is 10.8 Å². The lowest BCUT2D eigenvalue weighted by molar-refractivity contribution is 0.411. The van der Waals surface area contributed by atoms with E-state index in [1.807, 2.05) is 0 Å². The van der Waals surface area contributed by atoms with Crippen LogP contribution in [-0.2, 0) is 37.5 Å². The van der Waals surface area contributed by atoms with Gasteiger partial charge in [0.05, 0.1) is 0 Å². The van der Waals surface area contributed by atoms with Gasteiger partial charge in [0.2, 0.25) is 0 Å². The van der Waals surface area contributed by atoms with Crippen molar-refractivity contribution in [3.8, 4) is 0 Å². The van der Waals surface area contributed by atoms with Gasteiger partial charge in [-0.15, -0.1) is 6.58 Å². The molecule has 0 fully saturated rings. The maximum Gasteiger partial charge on any atom is 0.0283 e. The largest absolute Gasteiger partial charge is 0.100 e. The van der Waals surface area contributed by atoms with Crippen LogP contribution >= 0.6 is 0 Å². The van der Waals surface area contributed by atoms with E-state index >= 15 is 0 Å². The lowest BCUT2D eigenvalue weighted by atomic mass is 9.64. The fraction of sp³-hybridized carbons (Fsp3) is 0.391. The molecule has 0 heterocycles. The summed E-state index contributed by atoms with van der Waals surface area (Å²) in [7, 11) is 0. The molecular formula is C46H58. The van der Waals surface area contributed by atoms with E-state index in [4.69, 9.17) is 6.58 Å². The number of hydrogen-bond acceptors (Lipinski definition) is 0. The van der Waals surface area contributed by atoms with Gasteiger partial charge in [-0.25, -0.2) is 0 Å². The SMILES string of the molecule is C=C(C)CCCCc1ccc(CC(Cc2cccc(CC(C)(C)C)c2)(C(=C)C2=CCC=C(C)C(C)=C2)c2cccc(CC)c2)cc1. The van der Waals surface area contributed by atoms with E-state index in [0.29, 0.717) is 0 Å². The highest BCUT2D eigenvalue weighted by Crippen LogP contribution is 2.44. The van der Waals surface area contributed by atoms with Gasteiger partial charge in [0, 0.05) is 5.41 Å². The van der Waals surface area contributed by atoms with Crippen LogP contribution in [0.4, 0.5) is 0 Å². The number of hydrogen-bond donors (Lipinski definition) is 0. The van der Waals surface area contributed by atoms with Crippen molar-refractivity contribution in [1.29, 1.82) is 0 Å². The van der Waals surface area contributed by atoms with Crippen LogP contribution in [0.15, 0.2) is 132 Å². The number of unbranched alkanes of at least 4 members (excludes halogenated alkanes) is 1. The minimum atomic E-state index is -0.310. The summed E-state index contributed by atoms with van der Waals surface area (Å²) in [6.07, 6.45) is 16.6. The Morgan fingerprint density at radius 1 is 0.696 bits per heavy atom. The maximum atomic E-state index is 5.00. The molecule has 0 aliphatic heterocycles. The van der Waals surface area contributed by atoms with Gasteiger partial charge in [-0.1, -0.05) is 136 Å². The Bertz CT molecular complexity index is 1590. The molecule has 1 aliphatic rings. The molecule has 3 aromatic carbocycles. The van der Waals surface area contributed by atoms with Crippen LogP contribution in [0.25, 0.3) is 0 Å². The van der Waals surface area contributed by atoms with Crippen molar-refractivity contribution in [3.63, 3.8) is 0 Å². The van der Waals surface area contributed by atoms with Crippen LogP contribution in [0.2, 0.25) is 0 Å². The van der Waals surface area contributed by atoms with Gasteiger partial charge in [-0.3, -0.25) is 0 Å². The van der Waals surface area contributed by atoms with Crippen molar-refractivity contribution in [2.75, 3.05) is 0 Å². The van der Waals surface area contributed by atoms with Gasteiger partial charge < -0.3 is 0 Å². The third-order valence-corrected chi connectivity index (χ3v) is 9.65. The first kappa shape index (κ1) is 35.2. The zero-order valence-corrected chi connectivity index (χ0v) is 29.9. The monoisotopic (exact) mass is 610 g/mol. The average molecular weight is 611 g/mol. The zero-order chi connectivity index (χ0) is 33.3.